The monoisotopic (exact) mass is 260 g/mol. The normalized spacial score (nSPS) is 8.93. The Labute approximate surface area is 92.8 Å². The number of aromatic nitrogens is 1. The van der Waals surface area contributed by atoms with Crippen LogP contribution in [0.4, 0.5) is 0 Å². The number of carbonyl (C=O) groups is 1. The van der Waals surface area contributed by atoms with Crippen molar-refractivity contribution >= 4 is 23.0 Å². The van der Waals surface area contributed by atoms with E-state index in [1.807, 2.05) is 0 Å². The van der Waals surface area contributed by atoms with Crippen LogP contribution in [0.1, 0.15) is 6.92 Å². The predicted octanol–water partition coefficient (Wildman–Crippen LogP) is 1.11. The summed E-state index contributed by atoms with van der Waals surface area (Å²) >= 11 is 0. The average molecular weight is 261 g/mol. The Balaban J connectivity index is 0.00000169. The highest BCUT2D eigenvalue weighted by molar-refractivity contribution is 8.93. The molecule has 0 saturated heterocycles. The van der Waals surface area contributed by atoms with Gasteiger partial charge in [-0.15, -0.1) is 17.0 Å². The van der Waals surface area contributed by atoms with Crippen molar-refractivity contribution in [2.24, 2.45) is 0 Å². The molecule has 1 aromatic heterocycles. The maximum Gasteiger partial charge on any atom is 0.325 e. The van der Waals surface area contributed by atoms with Gasteiger partial charge in [0.05, 0.1) is 12.0 Å². The van der Waals surface area contributed by atoms with Gasteiger partial charge in [0, 0.05) is 12.4 Å². The summed E-state index contributed by atoms with van der Waals surface area (Å²) in [6, 6.07) is 3.25. The van der Waals surface area contributed by atoms with Gasteiger partial charge in [-0.2, -0.15) is 0 Å². The minimum absolute atomic E-state index is 0. The Morgan fingerprint density at radius 2 is 2.07 bits per heavy atom. The zero-order valence-corrected chi connectivity index (χ0v) is 9.61. The van der Waals surface area contributed by atoms with Gasteiger partial charge in [0.2, 0.25) is 0 Å². The van der Waals surface area contributed by atoms with Crippen LogP contribution in [0.15, 0.2) is 24.5 Å². The lowest BCUT2D eigenvalue weighted by Gasteiger charge is -2.04. The van der Waals surface area contributed by atoms with Crippen LogP contribution in [0.3, 0.4) is 0 Å². The SMILES string of the molecule is Br.CCOC(=O)Cn1ccc(=N)cc1. The van der Waals surface area contributed by atoms with Gasteiger partial charge in [-0.05, 0) is 19.1 Å². The van der Waals surface area contributed by atoms with Crippen molar-refractivity contribution in [2.45, 2.75) is 13.5 Å². The molecular formula is C9H13BrN2O2. The average Bonchev–Trinajstić information content (AvgIpc) is 2.09. The number of nitrogens with zero attached hydrogens (tertiary/aromatic N) is 1. The fourth-order valence-electron chi connectivity index (χ4n) is 0.918. The first kappa shape index (κ1) is 12.9. The summed E-state index contributed by atoms with van der Waals surface area (Å²) in [7, 11) is 0. The Morgan fingerprint density at radius 1 is 1.50 bits per heavy atom. The van der Waals surface area contributed by atoms with Crippen LogP contribution < -0.4 is 5.36 Å². The van der Waals surface area contributed by atoms with Crippen LogP contribution in [0.25, 0.3) is 0 Å². The number of pyridine rings is 1. The van der Waals surface area contributed by atoms with Crippen LogP contribution in [-0.2, 0) is 16.1 Å². The van der Waals surface area contributed by atoms with Crippen molar-refractivity contribution in [3.8, 4) is 0 Å². The van der Waals surface area contributed by atoms with Crippen molar-refractivity contribution < 1.29 is 9.53 Å². The van der Waals surface area contributed by atoms with Crippen LogP contribution in [0, 0.1) is 5.41 Å². The molecular weight excluding hydrogens is 248 g/mol. The van der Waals surface area contributed by atoms with Crippen molar-refractivity contribution in [1.29, 1.82) is 5.41 Å². The van der Waals surface area contributed by atoms with Crippen LogP contribution in [-0.4, -0.2) is 17.1 Å². The number of ether oxygens (including phenoxy) is 1. The number of esters is 1. The van der Waals surface area contributed by atoms with E-state index in [1.54, 1.807) is 36.0 Å². The minimum atomic E-state index is -0.259. The van der Waals surface area contributed by atoms with Crippen LogP contribution >= 0.6 is 17.0 Å². The van der Waals surface area contributed by atoms with Crippen LogP contribution in [0.5, 0.6) is 0 Å². The molecule has 1 heterocycles. The topological polar surface area (TPSA) is 55.1 Å². The van der Waals surface area contributed by atoms with Crippen molar-refractivity contribution in [3.63, 3.8) is 0 Å². The molecule has 14 heavy (non-hydrogen) atoms. The van der Waals surface area contributed by atoms with E-state index in [9.17, 15) is 4.79 Å². The molecule has 0 aliphatic heterocycles. The standard InChI is InChI=1S/C9H12N2O2.BrH/c1-2-13-9(12)7-11-5-3-8(10)4-6-11;/h3-6,10H,2,7H2,1H3;1H. The fraction of sp³-hybridized carbons (Fsp3) is 0.333. The van der Waals surface area contributed by atoms with E-state index < -0.39 is 0 Å². The van der Waals surface area contributed by atoms with Gasteiger partial charge in [0.25, 0.3) is 0 Å². The molecule has 0 amide bonds. The molecule has 0 radical (unpaired) electrons. The van der Waals surface area contributed by atoms with E-state index in [1.165, 1.54) is 0 Å². The third-order valence-corrected chi connectivity index (χ3v) is 1.51. The molecule has 0 aliphatic carbocycles. The molecule has 0 aromatic carbocycles. The largest absolute Gasteiger partial charge is 0.465 e. The molecule has 78 valence electrons. The van der Waals surface area contributed by atoms with Gasteiger partial charge in [0.15, 0.2) is 0 Å². The molecule has 0 unspecified atom stereocenters. The van der Waals surface area contributed by atoms with Gasteiger partial charge in [-0.1, -0.05) is 0 Å². The molecule has 4 nitrogen and oxygen atoms in total. The lowest BCUT2D eigenvalue weighted by atomic mass is 10.4. The number of rotatable bonds is 3. The van der Waals surface area contributed by atoms with E-state index in [4.69, 9.17) is 10.1 Å². The second-order valence-corrected chi connectivity index (χ2v) is 2.56. The number of nitrogens with one attached hydrogen (secondary N) is 1. The molecule has 0 aliphatic rings. The first-order valence-corrected chi connectivity index (χ1v) is 4.08. The summed E-state index contributed by atoms with van der Waals surface area (Å²) in [6.45, 7) is 2.37. The minimum Gasteiger partial charge on any atom is -0.465 e. The highest BCUT2D eigenvalue weighted by Crippen LogP contribution is 1.87. The maximum absolute atomic E-state index is 11.0. The van der Waals surface area contributed by atoms with Gasteiger partial charge < -0.3 is 14.7 Å². The Kier molecular flexibility index (Phi) is 5.87. The number of hydrogen-bond donors (Lipinski definition) is 1. The van der Waals surface area contributed by atoms with Crippen LogP contribution in [0.2, 0.25) is 0 Å². The maximum atomic E-state index is 11.0. The smallest absolute Gasteiger partial charge is 0.325 e. The van der Waals surface area contributed by atoms with Gasteiger partial charge in [0.1, 0.15) is 6.54 Å². The first-order chi connectivity index (χ1) is 6.22. The summed E-state index contributed by atoms with van der Waals surface area (Å²) in [4.78, 5) is 11.0. The summed E-state index contributed by atoms with van der Waals surface area (Å²) in [6.07, 6.45) is 3.36. The molecule has 5 heteroatoms. The first-order valence-electron chi connectivity index (χ1n) is 4.08. The zero-order valence-electron chi connectivity index (χ0n) is 7.90. The second-order valence-electron chi connectivity index (χ2n) is 2.56. The van der Waals surface area contributed by atoms with Crippen molar-refractivity contribution in [2.75, 3.05) is 6.61 Å². The van der Waals surface area contributed by atoms with E-state index in [2.05, 4.69) is 0 Å². The van der Waals surface area contributed by atoms with E-state index in [-0.39, 0.29) is 29.5 Å². The van der Waals surface area contributed by atoms with Gasteiger partial charge in [-0.25, -0.2) is 0 Å². The zero-order chi connectivity index (χ0) is 9.68. The Morgan fingerprint density at radius 3 is 2.57 bits per heavy atom. The Bertz CT molecular complexity index is 328. The second kappa shape index (κ2) is 6.37. The van der Waals surface area contributed by atoms with E-state index >= 15 is 0 Å². The summed E-state index contributed by atoms with van der Waals surface area (Å²) in [5.41, 5.74) is 0. The number of carbonyl (C=O) groups excluding carboxylic acids is 1. The summed E-state index contributed by atoms with van der Waals surface area (Å²) < 4.78 is 6.45. The molecule has 1 N–H and O–H groups in total. The highest BCUT2D eigenvalue weighted by Gasteiger charge is 1.99. The third kappa shape index (κ3) is 4.23. The van der Waals surface area contributed by atoms with Crippen molar-refractivity contribution in [1.82, 2.24) is 4.57 Å². The van der Waals surface area contributed by atoms with Gasteiger partial charge >= 0.3 is 5.97 Å². The fourth-order valence-corrected chi connectivity index (χ4v) is 0.918. The molecule has 0 saturated carbocycles. The molecule has 1 aromatic rings. The van der Waals surface area contributed by atoms with Gasteiger partial charge in [-0.3, -0.25) is 4.79 Å². The number of hydrogen-bond acceptors (Lipinski definition) is 3. The summed E-state index contributed by atoms with van der Waals surface area (Å²) in [5.74, 6) is -0.259. The molecule has 0 spiro atoms. The lowest BCUT2D eigenvalue weighted by Crippen LogP contribution is -2.14. The molecule has 1 rings (SSSR count). The predicted molar refractivity (Wildman–Crippen MR) is 57.2 cm³/mol. The third-order valence-electron chi connectivity index (χ3n) is 1.51. The molecule has 0 atom stereocenters. The number of halogens is 1. The molecule has 0 fully saturated rings. The molecule has 0 bridgehead atoms. The quantitative estimate of drug-likeness (QED) is 0.828. The highest BCUT2D eigenvalue weighted by atomic mass is 79.9. The van der Waals surface area contributed by atoms with E-state index in [0.29, 0.717) is 12.0 Å². The summed E-state index contributed by atoms with van der Waals surface area (Å²) in [5, 5.41) is 7.66. The van der Waals surface area contributed by atoms with E-state index in [0.717, 1.165) is 0 Å². The van der Waals surface area contributed by atoms with Crippen molar-refractivity contribution in [3.05, 3.63) is 29.9 Å². The Hall–Kier alpha value is -1.10. The lowest BCUT2D eigenvalue weighted by molar-refractivity contribution is -0.143.